The van der Waals surface area contributed by atoms with Crippen molar-refractivity contribution < 1.29 is 19.1 Å². The van der Waals surface area contributed by atoms with E-state index >= 15 is 0 Å². The number of hydrogen-bond donors (Lipinski definition) is 2. The van der Waals surface area contributed by atoms with Crippen LogP contribution in [0.4, 0.5) is 4.79 Å². The number of nitrogens with zero attached hydrogens (tertiary/aromatic N) is 2. The molecule has 2 fully saturated rings. The van der Waals surface area contributed by atoms with E-state index in [4.69, 9.17) is 4.74 Å². The van der Waals surface area contributed by atoms with Gasteiger partial charge in [-0.2, -0.15) is 0 Å². The molecule has 1 aromatic rings. The molecule has 0 aromatic heterocycles. The van der Waals surface area contributed by atoms with Crippen LogP contribution < -0.4 is 15.4 Å². The van der Waals surface area contributed by atoms with Crippen LogP contribution in [0, 0.1) is 0 Å². The first-order valence-corrected chi connectivity index (χ1v) is 9.40. The Hall–Kier alpha value is -2.77. The molecular formula is C19H26N4O4. The number of hydrogen-bond acceptors (Lipinski definition) is 4. The van der Waals surface area contributed by atoms with Gasteiger partial charge in [-0.05, 0) is 24.1 Å². The largest absolute Gasteiger partial charge is 0.492 e. The molecule has 3 rings (SSSR count). The second-order valence-corrected chi connectivity index (χ2v) is 6.74. The molecule has 2 aliphatic heterocycles. The number of benzene rings is 1. The van der Waals surface area contributed by atoms with Gasteiger partial charge in [0, 0.05) is 13.1 Å². The van der Waals surface area contributed by atoms with E-state index < -0.39 is 6.04 Å². The van der Waals surface area contributed by atoms with Crippen LogP contribution in [-0.2, 0) is 16.0 Å². The number of rotatable bonds is 6. The molecule has 146 valence electrons. The van der Waals surface area contributed by atoms with Gasteiger partial charge < -0.3 is 25.2 Å². The summed E-state index contributed by atoms with van der Waals surface area (Å²) >= 11 is 0. The van der Waals surface area contributed by atoms with Crippen LogP contribution in [0.25, 0.3) is 0 Å². The summed E-state index contributed by atoms with van der Waals surface area (Å²) in [5.74, 6) is 0.468. The van der Waals surface area contributed by atoms with E-state index in [9.17, 15) is 14.4 Å². The van der Waals surface area contributed by atoms with Crippen LogP contribution in [0.15, 0.2) is 24.3 Å². The van der Waals surface area contributed by atoms with E-state index in [0.29, 0.717) is 26.2 Å². The normalized spacial score (nSPS) is 19.4. The Morgan fingerprint density at radius 2 is 2.04 bits per heavy atom. The Labute approximate surface area is 158 Å². The number of urea groups is 1. The zero-order valence-electron chi connectivity index (χ0n) is 15.6. The van der Waals surface area contributed by atoms with Crippen LogP contribution in [0.2, 0.25) is 0 Å². The molecule has 8 nitrogen and oxygen atoms in total. The Kier molecular flexibility index (Phi) is 6.16. The minimum absolute atomic E-state index is 0.0400. The maximum Gasteiger partial charge on any atom is 0.317 e. The van der Waals surface area contributed by atoms with Gasteiger partial charge >= 0.3 is 6.03 Å². The first-order chi connectivity index (χ1) is 13.1. The zero-order chi connectivity index (χ0) is 19.2. The van der Waals surface area contributed by atoms with Crippen molar-refractivity contribution in [3.8, 4) is 5.75 Å². The maximum atomic E-state index is 12.3. The van der Waals surface area contributed by atoms with E-state index in [1.54, 1.807) is 9.80 Å². The molecule has 2 aliphatic rings. The fourth-order valence-electron chi connectivity index (χ4n) is 3.35. The van der Waals surface area contributed by atoms with Gasteiger partial charge in [-0.1, -0.05) is 25.5 Å². The molecule has 1 atom stereocenters. The quantitative estimate of drug-likeness (QED) is 0.704. The first-order valence-electron chi connectivity index (χ1n) is 9.40. The topological polar surface area (TPSA) is 91.0 Å². The molecule has 2 N–H and O–H groups in total. The number of aryl methyl sites for hydroxylation is 1. The third kappa shape index (κ3) is 4.69. The molecule has 2 saturated heterocycles. The molecule has 0 radical (unpaired) electrons. The second-order valence-electron chi connectivity index (χ2n) is 6.74. The number of carbonyl (C=O) groups is 3. The second kappa shape index (κ2) is 8.75. The van der Waals surface area contributed by atoms with E-state index in [-0.39, 0.29) is 30.9 Å². The molecule has 0 spiro atoms. The lowest BCUT2D eigenvalue weighted by molar-refractivity contribution is -0.148. The summed E-state index contributed by atoms with van der Waals surface area (Å²) in [6, 6.07) is 7.13. The molecule has 0 saturated carbocycles. The molecule has 0 unspecified atom stereocenters. The monoisotopic (exact) mass is 374 g/mol. The first kappa shape index (κ1) is 19.0. The van der Waals surface area contributed by atoms with Crippen molar-refractivity contribution in [3.05, 3.63) is 29.8 Å². The summed E-state index contributed by atoms with van der Waals surface area (Å²) in [6.07, 6.45) is 2.16. The Bertz CT molecular complexity index is 691. The van der Waals surface area contributed by atoms with E-state index in [1.165, 1.54) is 5.56 Å². The van der Waals surface area contributed by atoms with Crippen molar-refractivity contribution in [3.63, 3.8) is 0 Å². The predicted molar refractivity (Wildman–Crippen MR) is 99.4 cm³/mol. The summed E-state index contributed by atoms with van der Waals surface area (Å²) in [5, 5.41) is 5.37. The summed E-state index contributed by atoms with van der Waals surface area (Å²) < 4.78 is 5.64. The third-order valence-corrected chi connectivity index (χ3v) is 4.81. The van der Waals surface area contributed by atoms with Crippen LogP contribution in [-0.4, -0.2) is 73.0 Å². The van der Waals surface area contributed by atoms with Crippen molar-refractivity contribution in [1.82, 2.24) is 20.4 Å². The minimum atomic E-state index is -0.594. The van der Waals surface area contributed by atoms with Gasteiger partial charge in [0.1, 0.15) is 18.4 Å². The van der Waals surface area contributed by atoms with Crippen LogP contribution >= 0.6 is 0 Å². The molecular weight excluding hydrogens is 348 g/mol. The fraction of sp³-hybridized carbons (Fsp3) is 0.526. The van der Waals surface area contributed by atoms with Crippen LogP contribution in [0.5, 0.6) is 5.75 Å². The van der Waals surface area contributed by atoms with Crippen LogP contribution in [0.3, 0.4) is 0 Å². The predicted octanol–water partition coefficient (Wildman–Crippen LogP) is 0.370. The fourth-order valence-corrected chi connectivity index (χ4v) is 3.35. The van der Waals surface area contributed by atoms with Crippen molar-refractivity contribution in [2.24, 2.45) is 0 Å². The lowest BCUT2D eigenvalue weighted by Gasteiger charge is -2.42. The molecule has 1 aromatic carbocycles. The minimum Gasteiger partial charge on any atom is -0.492 e. The van der Waals surface area contributed by atoms with Crippen LogP contribution in [0.1, 0.15) is 18.9 Å². The SMILES string of the molecule is CCCc1ccc(OCCNC(=O)N2CCN3C(=O)CNC(=O)[C@H]3C2)cc1. The Balaban J connectivity index is 1.40. The van der Waals surface area contributed by atoms with E-state index in [1.807, 2.05) is 24.3 Å². The number of piperazine rings is 2. The van der Waals surface area contributed by atoms with E-state index in [2.05, 4.69) is 17.6 Å². The molecule has 0 bridgehead atoms. The molecule has 2 heterocycles. The number of ether oxygens (including phenoxy) is 1. The Morgan fingerprint density at radius 1 is 1.26 bits per heavy atom. The summed E-state index contributed by atoms with van der Waals surface area (Å²) in [7, 11) is 0. The van der Waals surface area contributed by atoms with Gasteiger partial charge in [0.15, 0.2) is 0 Å². The van der Waals surface area contributed by atoms with Gasteiger partial charge in [-0.15, -0.1) is 0 Å². The summed E-state index contributed by atoms with van der Waals surface area (Å²) in [6.45, 7) is 3.92. The Morgan fingerprint density at radius 3 is 2.78 bits per heavy atom. The number of amides is 4. The number of nitrogens with one attached hydrogen (secondary N) is 2. The van der Waals surface area contributed by atoms with Gasteiger partial charge in [0.25, 0.3) is 0 Å². The average Bonchev–Trinajstić information content (AvgIpc) is 2.69. The van der Waals surface area contributed by atoms with Gasteiger partial charge in [-0.3, -0.25) is 9.59 Å². The standard InChI is InChI=1S/C19H26N4O4/c1-2-3-14-4-6-15(7-5-14)27-11-8-20-19(26)22-9-10-23-16(13-22)18(25)21-12-17(23)24/h4-7,16H,2-3,8-13H2,1H3,(H,20,26)(H,21,25)/t16-/m1/s1. The molecule has 27 heavy (non-hydrogen) atoms. The number of carbonyl (C=O) groups excluding carboxylic acids is 3. The van der Waals surface area contributed by atoms with Crippen molar-refractivity contribution in [2.45, 2.75) is 25.8 Å². The van der Waals surface area contributed by atoms with Gasteiger partial charge in [-0.25, -0.2) is 4.79 Å². The highest BCUT2D eigenvalue weighted by Gasteiger charge is 2.39. The van der Waals surface area contributed by atoms with E-state index in [0.717, 1.165) is 18.6 Å². The smallest absolute Gasteiger partial charge is 0.317 e. The summed E-state index contributed by atoms with van der Waals surface area (Å²) in [5.41, 5.74) is 1.28. The third-order valence-electron chi connectivity index (χ3n) is 4.81. The molecule has 8 heteroatoms. The highest BCUT2D eigenvalue weighted by molar-refractivity contribution is 5.95. The summed E-state index contributed by atoms with van der Waals surface area (Å²) in [4.78, 5) is 39.2. The molecule has 0 aliphatic carbocycles. The lowest BCUT2D eigenvalue weighted by Crippen LogP contribution is -2.67. The van der Waals surface area contributed by atoms with Gasteiger partial charge in [0.2, 0.25) is 11.8 Å². The average molecular weight is 374 g/mol. The zero-order valence-corrected chi connectivity index (χ0v) is 15.6. The van der Waals surface area contributed by atoms with Crippen molar-refractivity contribution in [2.75, 3.05) is 39.3 Å². The lowest BCUT2D eigenvalue weighted by atomic mass is 10.1. The van der Waals surface area contributed by atoms with Crippen molar-refractivity contribution >= 4 is 17.8 Å². The highest BCUT2D eigenvalue weighted by atomic mass is 16.5. The highest BCUT2D eigenvalue weighted by Crippen LogP contribution is 2.14. The number of fused-ring (bicyclic) bond motifs is 1. The van der Waals surface area contributed by atoms with Gasteiger partial charge in [0.05, 0.1) is 19.6 Å². The maximum absolute atomic E-state index is 12.3. The van der Waals surface area contributed by atoms with Crippen molar-refractivity contribution in [1.29, 1.82) is 0 Å². The molecule has 4 amide bonds.